The van der Waals surface area contributed by atoms with Crippen LogP contribution in [0, 0.1) is 6.92 Å². The lowest BCUT2D eigenvalue weighted by atomic mass is 9.73. The molecule has 1 aliphatic rings. The molecule has 7 rings (SSSR count). The van der Waals surface area contributed by atoms with Crippen molar-refractivity contribution in [3.8, 4) is 17.2 Å². The molecule has 1 heterocycles. The maximum atomic E-state index is 14.6. The van der Waals surface area contributed by atoms with Crippen LogP contribution in [0.3, 0.4) is 0 Å². The molecule has 1 aliphatic heterocycles. The van der Waals surface area contributed by atoms with Crippen molar-refractivity contribution in [1.29, 1.82) is 0 Å². The molecule has 6 aromatic rings. The van der Waals surface area contributed by atoms with Gasteiger partial charge >= 0.3 is 12.4 Å². The summed E-state index contributed by atoms with van der Waals surface area (Å²) in [6.45, 7) is 2.03. The van der Waals surface area contributed by atoms with E-state index in [0.717, 1.165) is 93.4 Å². The number of halogens is 6. The minimum absolute atomic E-state index is 0.0509. The van der Waals surface area contributed by atoms with E-state index in [1.165, 1.54) is 7.11 Å². The van der Waals surface area contributed by atoms with E-state index in [4.69, 9.17) is 19.5 Å². The molecule has 0 atom stereocenters. The van der Waals surface area contributed by atoms with Gasteiger partial charge in [-0.2, -0.15) is 26.3 Å². The van der Waals surface area contributed by atoms with Crippen molar-refractivity contribution in [2.75, 3.05) is 7.11 Å². The van der Waals surface area contributed by atoms with Crippen LogP contribution in [-0.2, 0) is 5.41 Å². The fraction of sp³-hybridized carbons (Fsp3) is 0.116. The van der Waals surface area contributed by atoms with E-state index in [1.807, 2.05) is 79.7 Å². The van der Waals surface area contributed by atoms with Crippen molar-refractivity contribution in [3.05, 3.63) is 185 Å². The molecule has 0 saturated carbocycles. The van der Waals surface area contributed by atoms with Crippen LogP contribution in [0.25, 0.3) is 0 Å². The highest BCUT2D eigenvalue weighted by Gasteiger charge is 2.72. The summed E-state index contributed by atoms with van der Waals surface area (Å²) >= 11 is 0. The monoisotopic (exact) mass is 720 g/mol. The number of hydrogen-bond acceptors (Lipinski definition) is 4. The summed E-state index contributed by atoms with van der Waals surface area (Å²) in [5, 5.41) is 0. The second kappa shape index (κ2) is 13.8. The molecule has 0 spiro atoms. The Morgan fingerprint density at radius 2 is 0.830 bits per heavy atom. The topological polar surface area (TPSA) is 43.2 Å². The lowest BCUT2D eigenvalue weighted by Crippen LogP contribution is -2.54. The minimum Gasteiger partial charge on any atom is -0.497 e. The highest BCUT2D eigenvalue weighted by Crippen LogP contribution is 2.56. The van der Waals surface area contributed by atoms with Gasteiger partial charge in [0.1, 0.15) is 17.2 Å². The maximum absolute atomic E-state index is 14.6. The van der Waals surface area contributed by atoms with Gasteiger partial charge in [-0.25, -0.2) is 9.98 Å². The summed E-state index contributed by atoms with van der Waals surface area (Å²) in [6, 6.07) is 37.9. The highest BCUT2D eigenvalue weighted by atomic mass is 19.4. The number of para-hydroxylation sites is 2. The van der Waals surface area contributed by atoms with Gasteiger partial charge in [-0.3, -0.25) is 0 Å². The van der Waals surface area contributed by atoms with Gasteiger partial charge in [0.05, 0.1) is 29.9 Å². The third-order valence-corrected chi connectivity index (χ3v) is 9.13. The van der Waals surface area contributed by atoms with Crippen LogP contribution in [0.15, 0.2) is 156 Å². The first-order valence-corrected chi connectivity index (χ1v) is 16.5. The number of alkyl halides is 6. The zero-order valence-electron chi connectivity index (χ0n) is 28.3. The van der Waals surface area contributed by atoms with E-state index in [1.54, 1.807) is 24.3 Å². The van der Waals surface area contributed by atoms with E-state index >= 15 is 0 Å². The summed E-state index contributed by atoms with van der Waals surface area (Å²) in [7, 11) is 1.27. The molecule has 4 nitrogen and oxygen atoms in total. The van der Waals surface area contributed by atoms with Gasteiger partial charge in [-0.15, -0.1) is 0 Å². The van der Waals surface area contributed by atoms with E-state index < -0.39 is 28.9 Å². The molecule has 0 radical (unpaired) electrons. The van der Waals surface area contributed by atoms with Gasteiger partial charge < -0.3 is 9.47 Å². The standard InChI is InChI=1S/C43H30F6N2O2/c1-27-11-13-28(14-12-27)39-35-7-3-5-9-37(35)51-40(36-8-4-6-10-38(36)50-39)29-15-21-33(22-16-29)53-34-25-19-31(20-26-34)41(42(44,45)46,43(47,48)49)30-17-23-32(52-2)24-18-30/h3-26H,1-2H3. The van der Waals surface area contributed by atoms with Crippen molar-refractivity contribution >= 4 is 22.8 Å². The number of ether oxygens (including phenoxy) is 2. The van der Waals surface area contributed by atoms with E-state index in [2.05, 4.69) is 0 Å². The number of nitrogens with zero attached hydrogens (tertiary/aromatic N) is 2. The Kier molecular flexibility index (Phi) is 9.15. The number of rotatable bonds is 7. The molecule has 10 heteroatoms. The van der Waals surface area contributed by atoms with Gasteiger partial charge in [-0.1, -0.05) is 90.5 Å². The zero-order valence-corrected chi connectivity index (χ0v) is 28.3. The average Bonchev–Trinajstić information content (AvgIpc) is 3.13. The van der Waals surface area contributed by atoms with E-state index in [-0.39, 0.29) is 11.5 Å². The largest absolute Gasteiger partial charge is 0.497 e. The molecular formula is C43H30F6N2O2. The molecular weight excluding hydrogens is 690 g/mol. The van der Waals surface area contributed by atoms with Gasteiger partial charge in [0.15, 0.2) is 0 Å². The maximum Gasteiger partial charge on any atom is 0.411 e. The van der Waals surface area contributed by atoms with Gasteiger partial charge in [0, 0.05) is 22.3 Å². The van der Waals surface area contributed by atoms with Crippen LogP contribution in [0.1, 0.15) is 38.9 Å². The third kappa shape index (κ3) is 6.57. The van der Waals surface area contributed by atoms with Crippen LogP contribution >= 0.6 is 0 Å². The fourth-order valence-corrected chi connectivity index (χ4v) is 6.47. The molecule has 0 saturated heterocycles. The minimum atomic E-state index is -5.72. The Hall–Kier alpha value is -6.16. The van der Waals surface area contributed by atoms with Crippen molar-refractivity contribution in [2.45, 2.75) is 24.7 Å². The van der Waals surface area contributed by atoms with Gasteiger partial charge in [-0.05, 0) is 78.7 Å². The summed E-state index contributed by atoms with van der Waals surface area (Å²) in [6.07, 6.45) is -11.4. The lowest BCUT2D eigenvalue weighted by Gasteiger charge is -2.38. The van der Waals surface area contributed by atoms with E-state index in [0.29, 0.717) is 11.5 Å². The summed E-state index contributed by atoms with van der Waals surface area (Å²) in [5.41, 5.74) is 1.10. The quantitative estimate of drug-likeness (QED) is 0.154. The van der Waals surface area contributed by atoms with Crippen molar-refractivity contribution in [1.82, 2.24) is 0 Å². The number of methoxy groups -OCH3 is 1. The first-order valence-electron chi connectivity index (χ1n) is 16.5. The van der Waals surface area contributed by atoms with Crippen molar-refractivity contribution in [3.63, 3.8) is 0 Å². The Balaban J connectivity index is 1.21. The lowest BCUT2D eigenvalue weighted by molar-refractivity contribution is -0.288. The van der Waals surface area contributed by atoms with Crippen LogP contribution in [-0.4, -0.2) is 30.9 Å². The number of benzene rings is 6. The predicted molar refractivity (Wildman–Crippen MR) is 194 cm³/mol. The molecule has 0 N–H and O–H groups in total. The smallest absolute Gasteiger partial charge is 0.411 e. The molecule has 53 heavy (non-hydrogen) atoms. The molecule has 0 aromatic heterocycles. The SMILES string of the molecule is COc1ccc(C(c2ccc(Oc3ccc(C4=Nc5ccccc5C(c5ccc(C)cc5)=Nc5ccccc54)cc3)cc2)(C(F)(F)F)C(F)(F)F)cc1. The Morgan fingerprint density at radius 3 is 1.25 bits per heavy atom. The predicted octanol–water partition coefficient (Wildman–Crippen LogP) is 11.9. The number of hydrogen-bond donors (Lipinski definition) is 0. The Labute approximate surface area is 301 Å². The van der Waals surface area contributed by atoms with Crippen molar-refractivity contribution in [2.24, 2.45) is 9.98 Å². The Morgan fingerprint density at radius 1 is 0.453 bits per heavy atom. The number of aryl methyl sites for hydroxylation is 1. The average molecular weight is 721 g/mol. The first kappa shape index (κ1) is 35.3. The van der Waals surface area contributed by atoms with Crippen LogP contribution in [0.4, 0.5) is 37.7 Å². The summed E-state index contributed by atoms with van der Waals surface area (Å²) < 4.78 is 98.4. The van der Waals surface area contributed by atoms with Crippen LogP contribution < -0.4 is 9.47 Å². The summed E-state index contributed by atoms with van der Waals surface area (Å²) in [4.78, 5) is 10.3. The third-order valence-electron chi connectivity index (χ3n) is 9.13. The number of aliphatic imine (C=N–C) groups is 2. The van der Waals surface area contributed by atoms with Gasteiger partial charge in [0.25, 0.3) is 0 Å². The molecule has 0 amide bonds. The Bertz CT molecular complexity index is 2300. The second-order valence-corrected chi connectivity index (χ2v) is 12.4. The van der Waals surface area contributed by atoms with E-state index in [9.17, 15) is 26.3 Å². The van der Waals surface area contributed by atoms with Crippen LogP contribution in [0.2, 0.25) is 0 Å². The van der Waals surface area contributed by atoms with Crippen LogP contribution in [0.5, 0.6) is 17.2 Å². The molecule has 0 aliphatic carbocycles. The number of fused-ring (bicyclic) bond motifs is 2. The molecule has 0 fully saturated rings. The highest BCUT2D eigenvalue weighted by molar-refractivity contribution is 6.22. The fourth-order valence-electron chi connectivity index (χ4n) is 6.47. The molecule has 6 aromatic carbocycles. The van der Waals surface area contributed by atoms with Gasteiger partial charge in [0.2, 0.25) is 5.41 Å². The first-order chi connectivity index (χ1) is 25.4. The second-order valence-electron chi connectivity index (χ2n) is 12.4. The summed E-state index contributed by atoms with van der Waals surface area (Å²) in [5.74, 6) is 0.488. The zero-order chi connectivity index (χ0) is 37.4. The molecule has 266 valence electrons. The normalized spacial score (nSPS) is 13.1. The van der Waals surface area contributed by atoms with Crippen molar-refractivity contribution < 1.29 is 35.8 Å². The molecule has 0 bridgehead atoms. The molecule has 0 unspecified atom stereocenters.